The average Bonchev–Trinajstić information content (AvgIpc) is 2.46. The van der Waals surface area contributed by atoms with Crippen molar-refractivity contribution in [2.45, 2.75) is 39.0 Å². The Morgan fingerprint density at radius 2 is 2.05 bits per heavy atom. The van der Waals surface area contributed by atoms with Gasteiger partial charge in [-0.1, -0.05) is 26.0 Å². The molecule has 0 N–H and O–H groups in total. The van der Waals surface area contributed by atoms with Crippen LogP contribution >= 0.6 is 8.38 Å². The minimum absolute atomic E-state index is 0.0423. The van der Waals surface area contributed by atoms with Crippen LogP contribution in [0.5, 0.6) is 0 Å². The quantitative estimate of drug-likeness (QED) is 0.309. The lowest BCUT2D eigenvalue weighted by atomic mass is 10.1. The number of benzene rings is 1. The molecule has 0 bridgehead atoms. The zero-order valence-electron chi connectivity index (χ0n) is 12.4. The Morgan fingerprint density at radius 1 is 1.38 bits per heavy atom. The van der Waals surface area contributed by atoms with Gasteiger partial charge in [0.2, 0.25) is 0 Å². The normalized spacial score (nSPS) is 13.7. The van der Waals surface area contributed by atoms with Crippen molar-refractivity contribution in [2.75, 3.05) is 6.61 Å². The van der Waals surface area contributed by atoms with E-state index in [0.717, 1.165) is 0 Å². The molecule has 0 aliphatic heterocycles. The molecule has 0 heterocycles. The van der Waals surface area contributed by atoms with Crippen LogP contribution in [0.25, 0.3) is 0 Å². The van der Waals surface area contributed by atoms with E-state index in [1.165, 1.54) is 6.07 Å². The van der Waals surface area contributed by atoms with Crippen molar-refractivity contribution >= 4 is 14.1 Å². The van der Waals surface area contributed by atoms with E-state index in [4.69, 9.17) is 14.3 Å². The number of nitriles is 1. The highest BCUT2D eigenvalue weighted by Gasteiger charge is 2.24. The second-order valence-electron chi connectivity index (χ2n) is 4.68. The van der Waals surface area contributed by atoms with Crippen molar-refractivity contribution in [1.82, 2.24) is 0 Å². The van der Waals surface area contributed by atoms with Crippen molar-refractivity contribution in [3.8, 4) is 6.07 Å². The van der Waals surface area contributed by atoms with E-state index in [1.54, 1.807) is 25.1 Å². The van der Waals surface area contributed by atoms with E-state index in [2.05, 4.69) is 0 Å². The number of para-hydroxylation sites is 1. The second kappa shape index (κ2) is 8.68. The third-order valence-corrected chi connectivity index (χ3v) is 4.49. The minimum Gasteiger partial charge on any atom is -0.333 e. The largest absolute Gasteiger partial charge is 0.333 e. The molecular weight excluding hydrogens is 291 g/mol. The van der Waals surface area contributed by atoms with E-state index in [9.17, 15) is 10.1 Å². The Hall–Kier alpha value is -1.54. The SMILES string of the molecule is CC(OP(OCCC#N)C(C)C)c1ccccc1[N+](=O)[O-]. The fraction of sp³-hybridized carbons (Fsp3) is 0.500. The van der Waals surface area contributed by atoms with E-state index >= 15 is 0 Å². The first kappa shape index (κ1) is 17.5. The number of nitrogens with zero attached hydrogens (tertiary/aromatic N) is 2. The maximum atomic E-state index is 11.0. The number of nitro groups is 1. The predicted molar refractivity (Wildman–Crippen MR) is 80.8 cm³/mol. The summed E-state index contributed by atoms with van der Waals surface area (Å²) in [4.78, 5) is 10.6. The van der Waals surface area contributed by atoms with Crippen molar-refractivity contribution in [1.29, 1.82) is 5.26 Å². The van der Waals surface area contributed by atoms with Crippen molar-refractivity contribution in [3.63, 3.8) is 0 Å². The van der Waals surface area contributed by atoms with E-state index in [1.807, 2.05) is 19.9 Å². The molecule has 0 aliphatic carbocycles. The molecule has 0 aromatic heterocycles. The first-order valence-electron chi connectivity index (χ1n) is 6.66. The second-order valence-corrected chi connectivity index (χ2v) is 6.76. The van der Waals surface area contributed by atoms with Crippen LogP contribution in [0.3, 0.4) is 0 Å². The van der Waals surface area contributed by atoms with Gasteiger partial charge >= 0.3 is 0 Å². The van der Waals surface area contributed by atoms with Gasteiger partial charge in [-0.05, 0) is 13.0 Å². The number of nitro benzene ring substituents is 1. The lowest BCUT2D eigenvalue weighted by Gasteiger charge is -2.24. The molecule has 0 saturated heterocycles. The molecule has 0 spiro atoms. The Balaban J connectivity index is 2.80. The summed E-state index contributed by atoms with van der Waals surface area (Å²) in [6.45, 7) is 6.01. The van der Waals surface area contributed by atoms with E-state index in [0.29, 0.717) is 18.6 Å². The van der Waals surface area contributed by atoms with Gasteiger partial charge in [0, 0.05) is 11.7 Å². The smallest absolute Gasteiger partial charge is 0.275 e. The lowest BCUT2D eigenvalue weighted by molar-refractivity contribution is -0.386. The monoisotopic (exact) mass is 310 g/mol. The van der Waals surface area contributed by atoms with E-state index < -0.39 is 19.4 Å². The van der Waals surface area contributed by atoms with Crippen molar-refractivity contribution < 1.29 is 14.0 Å². The van der Waals surface area contributed by atoms with Crippen LogP contribution in [-0.2, 0) is 9.05 Å². The van der Waals surface area contributed by atoms with Gasteiger partial charge in [0.25, 0.3) is 5.69 Å². The van der Waals surface area contributed by atoms with Crippen LogP contribution in [0, 0.1) is 21.4 Å². The van der Waals surface area contributed by atoms with Crippen LogP contribution in [0.15, 0.2) is 24.3 Å². The summed E-state index contributed by atoms with van der Waals surface area (Å²) in [6, 6.07) is 8.53. The number of hydrogen-bond acceptors (Lipinski definition) is 5. The summed E-state index contributed by atoms with van der Waals surface area (Å²) < 4.78 is 11.5. The van der Waals surface area contributed by atoms with Gasteiger partial charge in [0.15, 0.2) is 8.38 Å². The molecule has 114 valence electrons. The third kappa shape index (κ3) is 5.39. The molecule has 0 aliphatic rings. The van der Waals surface area contributed by atoms with Crippen LogP contribution in [-0.4, -0.2) is 17.2 Å². The maximum absolute atomic E-state index is 11.0. The van der Waals surface area contributed by atoms with Crippen LogP contribution < -0.4 is 0 Å². The summed E-state index contributed by atoms with van der Waals surface area (Å²) in [5.41, 5.74) is 0.712. The van der Waals surface area contributed by atoms with Gasteiger partial charge in [-0.3, -0.25) is 10.1 Å². The zero-order valence-corrected chi connectivity index (χ0v) is 13.2. The fourth-order valence-corrected chi connectivity index (χ4v) is 2.99. The molecule has 0 radical (unpaired) electrons. The van der Waals surface area contributed by atoms with Gasteiger partial charge in [-0.25, -0.2) is 0 Å². The van der Waals surface area contributed by atoms with Gasteiger partial charge in [-0.15, -0.1) is 0 Å². The topological polar surface area (TPSA) is 85.4 Å². The molecule has 2 atom stereocenters. The highest BCUT2D eigenvalue weighted by Crippen LogP contribution is 2.48. The molecule has 1 rings (SSSR count). The maximum Gasteiger partial charge on any atom is 0.275 e. The Bertz CT molecular complexity index is 516. The molecule has 6 nitrogen and oxygen atoms in total. The Labute approximate surface area is 125 Å². The molecular formula is C14H19N2O4P. The predicted octanol–water partition coefficient (Wildman–Crippen LogP) is 4.32. The summed E-state index contributed by atoms with van der Waals surface area (Å²) in [5.74, 6) is 0. The molecule has 0 fully saturated rings. The first-order valence-corrected chi connectivity index (χ1v) is 7.91. The summed E-state index contributed by atoms with van der Waals surface area (Å²) in [6.07, 6.45) is -0.142. The fourth-order valence-electron chi connectivity index (χ4n) is 1.69. The number of hydrogen-bond donors (Lipinski definition) is 0. The lowest BCUT2D eigenvalue weighted by Crippen LogP contribution is -2.07. The highest BCUT2D eigenvalue weighted by atomic mass is 31.2. The standard InChI is InChI=1S/C14H19N2O4P/c1-11(2)21(19-10-6-9-15)20-12(3)13-7-4-5-8-14(13)16(17)18/h4-5,7-8,11-12H,6,10H2,1-3H3. The highest BCUT2D eigenvalue weighted by molar-refractivity contribution is 7.48. The van der Waals surface area contributed by atoms with Gasteiger partial charge in [-0.2, -0.15) is 5.26 Å². The summed E-state index contributed by atoms with van der Waals surface area (Å²) in [5, 5.41) is 19.6. The van der Waals surface area contributed by atoms with E-state index in [-0.39, 0.29) is 11.3 Å². The Morgan fingerprint density at radius 3 is 2.62 bits per heavy atom. The average molecular weight is 310 g/mol. The molecule has 0 saturated carbocycles. The molecule has 2 unspecified atom stereocenters. The Kier molecular flexibility index (Phi) is 7.24. The van der Waals surface area contributed by atoms with Gasteiger partial charge < -0.3 is 9.05 Å². The molecule has 1 aromatic rings. The van der Waals surface area contributed by atoms with Gasteiger partial charge in [0.05, 0.1) is 35.7 Å². The molecule has 21 heavy (non-hydrogen) atoms. The zero-order chi connectivity index (χ0) is 15.8. The molecule has 1 aromatic carbocycles. The van der Waals surface area contributed by atoms with Crippen LogP contribution in [0.4, 0.5) is 5.69 Å². The minimum atomic E-state index is -1.20. The molecule has 0 amide bonds. The van der Waals surface area contributed by atoms with Crippen LogP contribution in [0.2, 0.25) is 0 Å². The van der Waals surface area contributed by atoms with Crippen LogP contribution in [0.1, 0.15) is 38.9 Å². The van der Waals surface area contributed by atoms with Crippen molar-refractivity contribution in [3.05, 3.63) is 39.9 Å². The first-order chi connectivity index (χ1) is 9.97. The van der Waals surface area contributed by atoms with Crippen molar-refractivity contribution in [2.24, 2.45) is 0 Å². The van der Waals surface area contributed by atoms with Gasteiger partial charge in [0.1, 0.15) is 0 Å². The summed E-state index contributed by atoms with van der Waals surface area (Å²) in [7, 11) is -1.20. The number of rotatable bonds is 8. The summed E-state index contributed by atoms with van der Waals surface area (Å²) >= 11 is 0. The third-order valence-electron chi connectivity index (χ3n) is 2.69. The molecule has 7 heteroatoms.